The second-order valence-electron chi connectivity index (χ2n) is 8.88. The Morgan fingerprint density at radius 1 is 0.774 bits per heavy atom. The quantitative estimate of drug-likeness (QED) is 0.214. The predicted molar refractivity (Wildman–Crippen MR) is 125 cm³/mol. The normalized spacial score (nSPS) is 12.1. The molecule has 2 amide bonds. The highest BCUT2D eigenvalue weighted by molar-refractivity contribution is 5.99. The predicted octanol–water partition coefficient (Wildman–Crippen LogP) is 5.40. The van der Waals surface area contributed by atoms with E-state index in [4.69, 9.17) is 9.84 Å². The monoisotopic (exact) mass is 441 g/mol. The molecule has 31 heavy (non-hydrogen) atoms. The molecule has 0 fully saturated rings. The van der Waals surface area contributed by atoms with Crippen molar-refractivity contribution in [3.8, 4) is 0 Å². The number of hydrogen-bond donors (Lipinski definition) is 1. The van der Waals surface area contributed by atoms with E-state index in [9.17, 15) is 14.4 Å². The number of amides is 2. The average Bonchev–Trinajstić information content (AvgIpc) is 2.72. The van der Waals surface area contributed by atoms with Crippen LogP contribution in [0.2, 0.25) is 0 Å². The molecule has 0 aromatic rings. The van der Waals surface area contributed by atoms with E-state index in [2.05, 4.69) is 13.8 Å². The Morgan fingerprint density at radius 2 is 1.26 bits per heavy atom. The minimum Gasteiger partial charge on any atom is -0.464 e. The van der Waals surface area contributed by atoms with E-state index < -0.39 is 12.0 Å². The molecule has 1 atom stereocenters. The van der Waals surface area contributed by atoms with Gasteiger partial charge in [-0.15, -0.1) is 0 Å². The molecule has 0 unspecified atom stereocenters. The number of nitrogens with zero attached hydrogens (tertiary/aromatic N) is 1. The molecule has 6 nitrogen and oxygen atoms in total. The van der Waals surface area contributed by atoms with Gasteiger partial charge in [0.25, 0.3) is 0 Å². The highest BCUT2D eigenvalue weighted by Gasteiger charge is 2.35. The Labute approximate surface area is 190 Å². The molecule has 0 saturated carbocycles. The molecule has 0 aliphatic carbocycles. The summed E-state index contributed by atoms with van der Waals surface area (Å²) in [7, 11) is 0. The smallest absolute Gasteiger partial charge is 0.329 e. The maximum Gasteiger partial charge on any atom is 0.329 e. The summed E-state index contributed by atoms with van der Waals surface area (Å²) in [4.78, 5) is 40.1. The molecule has 0 aromatic heterocycles. The summed E-state index contributed by atoms with van der Waals surface area (Å²) in [5.74, 6) is -0.937. The van der Waals surface area contributed by atoms with E-state index in [1.807, 2.05) is 13.8 Å². The Hall–Kier alpha value is -1.43. The molecular weight excluding hydrogens is 394 g/mol. The lowest BCUT2D eigenvalue weighted by Crippen LogP contribution is -2.50. The Bertz CT molecular complexity index is 466. The number of unbranched alkanes of at least 4 members (excludes halogenated alkanes) is 8. The molecule has 0 aliphatic rings. The Morgan fingerprint density at radius 3 is 1.68 bits per heavy atom. The first-order chi connectivity index (χ1) is 14.9. The first-order valence-corrected chi connectivity index (χ1v) is 12.5. The maximum atomic E-state index is 13.1. The number of imide groups is 1. The number of ether oxygens (including phenoxy) is 1. The summed E-state index contributed by atoms with van der Waals surface area (Å²) >= 11 is 0. The molecule has 1 N–H and O–H groups in total. The van der Waals surface area contributed by atoms with Gasteiger partial charge in [0, 0.05) is 25.9 Å². The zero-order valence-electron chi connectivity index (χ0n) is 20.5. The second kappa shape index (κ2) is 19.3. The van der Waals surface area contributed by atoms with Gasteiger partial charge in [0.15, 0.2) is 0 Å². The van der Waals surface area contributed by atoms with Crippen LogP contribution in [0.4, 0.5) is 0 Å². The third-order valence-electron chi connectivity index (χ3n) is 5.35. The zero-order chi connectivity index (χ0) is 23.5. The molecule has 0 spiro atoms. The third-order valence-corrected chi connectivity index (χ3v) is 5.35. The van der Waals surface area contributed by atoms with E-state index in [1.54, 1.807) is 0 Å². The van der Waals surface area contributed by atoms with E-state index in [1.165, 1.54) is 4.90 Å². The van der Waals surface area contributed by atoms with Crippen molar-refractivity contribution in [1.29, 1.82) is 0 Å². The fourth-order valence-corrected chi connectivity index (χ4v) is 3.57. The Balaban J connectivity index is 5.26. The summed E-state index contributed by atoms with van der Waals surface area (Å²) in [6, 6.07) is -0.884. The fraction of sp³-hybridized carbons (Fsp3) is 0.880. The molecule has 0 radical (unpaired) electrons. The first-order valence-electron chi connectivity index (χ1n) is 12.5. The summed E-state index contributed by atoms with van der Waals surface area (Å²) in [5.41, 5.74) is 0. The van der Waals surface area contributed by atoms with Gasteiger partial charge in [0.1, 0.15) is 6.04 Å². The summed E-state index contributed by atoms with van der Waals surface area (Å²) in [6.45, 7) is 8.25. The van der Waals surface area contributed by atoms with Gasteiger partial charge in [0.2, 0.25) is 11.8 Å². The fourth-order valence-electron chi connectivity index (χ4n) is 3.57. The zero-order valence-corrected chi connectivity index (χ0v) is 20.5. The van der Waals surface area contributed by atoms with Crippen LogP contribution in [0.3, 0.4) is 0 Å². The van der Waals surface area contributed by atoms with Crippen LogP contribution < -0.4 is 0 Å². The molecule has 0 saturated heterocycles. The van der Waals surface area contributed by atoms with E-state index in [-0.39, 0.29) is 43.8 Å². The topological polar surface area (TPSA) is 83.9 Å². The van der Waals surface area contributed by atoms with Gasteiger partial charge in [-0.05, 0) is 25.2 Å². The molecule has 0 aliphatic heterocycles. The number of esters is 1. The van der Waals surface area contributed by atoms with Crippen molar-refractivity contribution in [1.82, 2.24) is 4.90 Å². The molecule has 6 heteroatoms. The average molecular weight is 442 g/mol. The standard InChI is InChI=1S/C25H47NO5/c1-5-7-9-11-13-16-23(28)26(24(29)17-14-12-10-8-6-2)22(20-21(3)4)25(30)31-19-15-18-27/h21-22,27H,5-20H2,1-4H3/t22-/m0/s1. The van der Waals surface area contributed by atoms with E-state index >= 15 is 0 Å². The molecule has 0 bridgehead atoms. The summed E-state index contributed by atoms with van der Waals surface area (Å²) in [6.07, 6.45) is 11.4. The summed E-state index contributed by atoms with van der Waals surface area (Å²) in [5, 5.41) is 8.96. The van der Waals surface area contributed by atoms with E-state index in [0.29, 0.717) is 12.8 Å². The minimum absolute atomic E-state index is 0.0702. The molecular formula is C25H47NO5. The van der Waals surface area contributed by atoms with Crippen LogP contribution in [0.1, 0.15) is 118 Å². The van der Waals surface area contributed by atoms with Gasteiger partial charge in [-0.2, -0.15) is 0 Å². The van der Waals surface area contributed by atoms with Gasteiger partial charge < -0.3 is 9.84 Å². The number of carbonyl (C=O) groups is 3. The van der Waals surface area contributed by atoms with Gasteiger partial charge in [-0.3, -0.25) is 14.5 Å². The highest BCUT2D eigenvalue weighted by atomic mass is 16.5. The highest BCUT2D eigenvalue weighted by Crippen LogP contribution is 2.19. The van der Waals surface area contributed by atoms with Crippen molar-refractivity contribution in [3.63, 3.8) is 0 Å². The number of hydrogen-bond acceptors (Lipinski definition) is 5. The summed E-state index contributed by atoms with van der Waals surface area (Å²) < 4.78 is 5.30. The Kier molecular flexibility index (Phi) is 18.4. The van der Waals surface area contributed by atoms with Crippen molar-refractivity contribution in [2.24, 2.45) is 5.92 Å². The molecule has 182 valence electrons. The van der Waals surface area contributed by atoms with Gasteiger partial charge >= 0.3 is 5.97 Å². The van der Waals surface area contributed by atoms with Crippen LogP contribution in [0.5, 0.6) is 0 Å². The SMILES string of the molecule is CCCCCCCC(=O)N(C(=O)CCCCCCC)[C@@H](CC(C)C)C(=O)OCCCO. The molecule has 0 rings (SSSR count). The molecule has 0 heterocycles. The molecule has 0 aromatic carbocycles. The van der Waals surface area contributed by atoms with Crippen molar-refractivity contribution >= 4 is 17.8 Å². The maximum absolute atomic E-state index is 13.1. The second-order valence-corrected chi connectivity index (χ2v) is 8.88. The van der Waals surface area contributed by atoms with Crippen LogP contribution >= 0.6 is 0 Å². The van der Waals surface area contributed by atoms with Crippen molar-refractivity contribution in [3.05, 3.63) is 0 Å². The van der Waals surface area contributed by atoms with E-state index in [0.717, 1.165) is 64.2 Å². The van der Waals surface area contributed by atoms with Crippen molar-refractivity contribution in [2.45, 2.75) is 124 Å². The van der Waals surface area contributed by atoms with Crippen LogP contribution in [0, 0.1) is 5.92 Å². The lowest BCUT2D eigenvalue weighted by atomic mass is 10.0. The van der Waals surface area contributed by atoms with Crippen LogP contribution in [0.25, 0.3) is 0 Å². The lowest BCUT2D eigenvalue weighted by Gasteiger charge is -2.30. The van der Waals surface area contributed by atoms with Gasteiger partial charge in [0.05, 0.1) is 6.61 Å². The number of carbonyl (C=O) groups excluding carboxylic acids is 3. The van der Waals surface area contributed by atoms with Crippen LogP contribution in [0.15, 0.2) is 0 Å². The van der Waals surface area contributed by atoms with Crippen molar-refractivity contribution in [2.75, 3.05) is 13.2 Å². The van der Waals surface area contributed by atoms with Crippen LogP contribution in [-0.4, -0.2) is 47.0 Å². The number of aliphatic hydroxyl groups is 1. The number of aliphatic hydroxyl groups excluding tert-OH is 1. The third kappa shape index (κ3) is 14.3. The lowest BCUT2D eigenvalue weighted by molar-refractivity contribution is -0.162. The van der Waals surface area contributed by atoms with Crippen LogP contribution in [-0.2, 0) is 19.1 Å². The minimum atomic E-state index is -0.884. The number of rotatable bonds is 19. The van der Waals surface area contributed by atoms with Gasteiger partial charge in [-0.25, -0.2) is 4.79 Å². The van der Waals surface area contributed by atoms with Crippen molar-refractivity contribution < 1.29 is 24.2 Å². The first kappa shape index (κ1) is 29.6. The largest absolute Gasteiger partial charge is 0.464 e. The van der Waals surface area contributed by atoms with Gasteiger partial charge in [-0.1, -0.05) is 79.1 Å².